The Balaban J connectivity index is 1.68. The van der Waals surface area contributed by atoms with Crippen LogP contribution in [0.1, 0.15) is 47.7 Å². The van der Waals surface area contributed by atoms with Crippen LogP contribution in [-0.2, 0) is 6.54 Å². The molecule has 2 unspecified atom stereocenters. The Morgan fingerprint density at radius 2 is 1.84 bits per heavy atom. The van der Waals surface area contributed by atoms with Crippen molar-refractivity contribution in [1.29, 1.82) is 0 Å². The van der Waals surface area contributed by atoms with Crippen molar-refractivity contribution in [2.75, 3.05) is 27.9 Å². The number of methoxy groups -OCH3 is 3. The first-order valence-corrected chi connectivity index (χ1v) is 10.9. The van der Waals surface area contributed by atoms with Gasteiger partial charge in [-0.1, -0.05) is 11.8 Å². The highest BCUT2D eigenvalue weighted by atomic mass is 16.5. The van der Waals surface area contributed by atoms with E-state index in [1.807, 2.05) is 0 Å². The zero-order valence-corrected chi connectivity index (χ0v) is 18.9. The molecule has 0 aromatic heterocycles. The third-order valence-electron chi connectivity index (χ3n) is 6.37. The topological polar surface area (TPSA) is 81.5 Å². The van der Waals surface area contributed by atoms with Crippen LogP contribution in [0.5, 0.6) is 28.7 Å². The van der Waals surface area contributed by atoms with Gasteiger partial charge in [-0.2, -0.15) is 0 Å². The highest BCUT2D eigenvalue weighted by molar-refractivity contribution is 6.15. The summed E-state index contributed by atoms with van der Waals surface area (Å²) in [5.74, 6) is 1.66. The zero-order valence-electron chi connectivity index (χ0n) is 18.9. The Bertz CT molecular complexity index is 1040. The van der Waals surface area contributed by atoms with E-state index in [0.717, 1.165) is 19.4 Å². The molecule has 32 heavy (non-hydrogen) atoms. The van der Waals surface area contributed by atoms with Crippen molar-refractivity contribution in [3.63, 3.8) is 0 Å². The molecule has 1 fully saturated rings. The number of hydrogen-bond donors (Lipinski definition) is 1. The number of carbonyl (C=O) groups excluding carboxylic acids is 1. The number of Topliss-reactive ketones (excluding diaryl/α,β-unsaturated/α-hetero) is 1. The number of hydrogen-bond acceptors (Lipinski definition) is 6. The van der Waals surface area contributed by atoms with E-state index >= 15 is 0 Å². The molecule has 2 aliphatic heterocycles. The van der Waals surface area contributed by atoms with Crippen LogP contribution in [0.2, 0.25) is 0 Å². The highest BCUT2D eigenvalue weighted by Crippen LogP contribution is 2.41. The molecule has 2 aliphatic rings. The van der Waals surface area contributed by atoms with Crippen molar-refractivity contribution in [3.8, 4) is 28.7 Å². The highest BCUT2D eigenvalue weighted by Gasteiger charge is 2.32. The maximum Gasteiger partial charge on any atom is 0.231 e. The first-order valence-electron chi connectivity index (χ1n) is 10.9. The maximum absolute atomic E-state index is 13.1. The number of likely N-dealkylation sites (tertiary alicyclic amines) is 1. The molecule has 0 aliphatic carbocycles. The summed E-state index contributed by atoms with van der Waals surface area (Å²) in [6.07, 6.45) is 5.15. The maximum atomic E-state index is 13.1. The number of quaternary nitrogens is 1. The van der Waals surface area contributed by atoms with Crippen molar-refractivity contribution in [2.45, 2.75) is 38.8 Å². The van der Waals surface area contributed by atoms with Gasteiger partial charge in [0.05, 0.1) is 39.5 Å². The molecule has 2 aromatic rings. The normalized spacial score (nSPS) is 21.2. The minimum Gasteiger partial charge on any atom is -0.872 e. The Morgan fingerprint density at radius 1 is 1.12 bits per heavy atom. The van der Waals surface area contributed by atoms with Gasteiger partial charge >= 0.3 is 0 Å². The molecule has 1 N–H and O–H groups in total. The van der Waals surface area contributed by atoms with Crippen LogP contribution in [0.3, 0.4) is 0 Å². The van der Waals surface area contributed by atoms with E-state index in [-0.39, 0.29) is 17.3 Å². The van der Waals surface area contributed by atoms with Crippen LogP contribution in [0.4, 0.5) is 0 Å². The van der Waals surface area contributed by atoms with Gasteiger partial charge in [-0.05, 0) is 56.0 Å². The number of fused-ring (bicyclic) bond motifs is 1. The molecule has 2 aromatic carbocycles. The van der Waals surface area contributed by atoms with E-state index in [2.05, 4.69) is 6.92 Å². The molecule has 0 amide bonds. The second-order valence-electron chi connectivity index (χ2n) is 8.30. The molecular weight excluding hydrogens is 410 g/mol. The van der Waals surface area contributed by atoms with Crippen LogP contribution in [0.25, 0.3) is 6.08 Å². The second kappa shape index (κ2) is 9.12. The summed E-state index contributed by atoms with van der Waals surface area (Å²) in [6.45, 7) is 3.80. The Hall–Kier alpha value is -3.19. The molecule has 0 bridgehead atoms. The lowest BCUT2D eigenvalue weighted by Gasteiger charge is -2.31. The van der Waals surface area contributed by atoms with Crippen LogP contribution in [0.15, 0.2) is 30.0 Å². The lowest BCUT2D eigenvalue weighted by molar-refractivity contribution is -0.942. The van der Waals surface area contributed by atoms with Gasteiger partial charge in [-0.25, -0.2) is 0 Å². The molecule has 7 heteroatoms. The fourth-order valence-corrected chi connectivity index (χ4v) is 4.54. The summed E-state index contributed by atoms with van der Waals surface area (Å²) in [6, 6.07) is 7.01. The van der Waals surface area contributed by atoms with Gasteiger partial charge in [0.2, 0.25) is 11.5 Å². The Kier molecular flexibility index (Phi) is 6.28. The van der Waals surface area contributed by atoms with E-state index < -0.39 is 0 Å². The zero-order chi connectivity index (χ0) is 22.8. The number of benzene rings is 2. The van der Waals surface area contributed by atoms with Crippen LogP contribution >= 0.6 is 0 Å². The summed E-state index contributed by atoms with van der Waals surface area (Å²) in [7, 11) is 4.60. The fraction of sp³-hybridized carbons (Fsp3) is 0.400. The van der Waals surface area contributed by atoms with Crippen molar-refractivity contribution in [3.05, 3.63) is 46.7 Å². The molecule has 170 valence electrons. The third-order valence-corrected chi connectivity index (χ3v) is 6.37. The van der Waals surface area contributed by atoms with Crippen molar-refractivity contribution in [2.24, 2.45) is 0 Å². The molecule has 2 heterocycles. The van der Waals surface area contributed by atoms with Crippen molar-refractivity contribution in [1.82, 2.24) is 0 Å². The van der Waals surface area contributed by atoms with Gasteiger partial charge in [0, 0.05) is 5.56 Å². The molecule has 1 saturated heterocycles. The number of carbonyl (C=O) groups is 1. The van der Waals surface area contributed by atoms with Crippen molar-refractivity contribution < 1.29 is 33.7 Å². The fourth-order valence-electron chi connectivity index (χ4n) is 4.54. The molecule has 0 saturated carbocycles. The van der Waals surface area contributed by atoms with Gasteiger partial charge in [0.1, 0.15) is 12.3 Å². The predicted octanol–water partition coefficient (Wildman–Crippen LogP) is 2.36. The first kappa shape index (κ1) is 22.0. The van der Waals surface area contributed by atoms with Gasteiger partial charge in [-0.3, -0.25) is 4.79 Å². The summed E-state index contributed by atoms with van der Waals surface area (Å²) < 4.78 is 22.2. The van der Waals surface area contributed by atoms with E-state index in [1.54, 1.807) is 24.3 Å². The SMILES string of the molecule is COc1cc(/C=C2\Oc3c(ccc([O-])c3C[NH+]3CCCCC3C)C2=O)cc(OC)c1OC. The third kappa shape index (κ3) is 4.00. The molecule has 0 spiro atoms. The largest absolute Gasteiger partial charge is 0.872 e. The second-order valence-corrected chi connectivity index (χ2v) is 8.30. The van der Waals surface area contributed by atoms with Gasteiger partial charge in [-0.15, -0.1) is 0 Å². The first-order chi connectivity index (χ1) is 15.5. The van der Waals surface area contributed by atoms with Crippen LogP contribution in [0, 0.1) is 0 Å². The predicted molar refractivity (Wildman–Crippen MR) is 118 cm³/mol. The Labute approximate surface area is 188 Å². The van der Waals surface area contributed by atoms with E-state index in [9.17, 15) is 9.90 Å². The van der Waals surface area contributed by atoms with Crippen molar-refractivity contribution >= 4 is 11.9 Å². The van der Waals surface area contributed by atoms with Gasteiger partial charge in [0.15, 0.2) is 17.3 Å². The Morgan fingerprint density at radius 3 is 2.47 bits per heavy atom. The minimum atomic E-state index is -0.239. The number of allylic oxidation sites excluding steroid dienone is 1. The minimum absolute atomic E-state index is 0.0872. The molecular formula is C25H29NO6. The quantitative estimate of drug-likeness (QED) is 0.696. The lowest BCUT2D eigenvalue weighted by atomic mass is 10.0. The summed E-state index contributed by atoms with van der Waals surface area (Å²) in [5, 5.41) is 12.7. The molecule has 7 nitrogen and oxygen atoms in total. The number of ether oxygens (including phenoxy) is 4. The van der Waals surface area contributed by atoms with Gasteiger partial charge < -0.3 is 29.0 Å². The smallest absolute Gasteiger partial charge is 0.231 e. The van der Waals surface area contributed by atoms with E-state index in [4.69, 9.17) is 18.9 Å². The number of rotatable bonds is 6. The van der Waals surface area contributed by atoms with Crippen LogP contribution < -0.4 is 29.0 Å². The van der Waals surface area contributed by atoms with E-state index in [0.29, 0.717) is 52.3 Å². The number of nitrogens with one attached hydrogen (secondary N) is 1. The van der Waals surface area contributed by atoms with E-state index in [1.165, 1.54) is 38.7 Å². The average molecular weight is 440 g/mol. The molecule has 4 rings (SSSR count). The molecule has 2 atom stereocenters. The van der Waals surface area contributed by atoms with Gasteiger partial charge in [0.25, 0.3) is 0 Å². The number of piperidine rings is 1. The lowest BCUT2D eigenvalue weighted by Crippen LogP contribution is -3.14. The summed E-state index contributed by atoms with van der Waals surface area (Å²) in [4.78, 5) is 14.4. The molecule has 0 radical (unpaired) electrons. The average Bonchev–Trinajstić information content (AvgIpc) is 3.11. The summed E-state index contributed by atoms with van der Waals surface area (Å²) >= 11 is 0. The number of ketones is 1. The summed E-state index contributed by atoms with van der Waals surface area (Å²) in [5.41, 5.74) is 1.67. The standard InChI is InChI=1S/C25H29NO6/c1-15-7-5-6-10-26(15)14-18-19(27)9-8-17-23(28)20(32-24(17)18)11-16-12-21(29-2)25(31-4)22(13-16)30-3/h8-9,11-13,15,27H,5-7,10,14H2,1-4H3/b20-11-. The monoisotopic (exact) mass is 439 g/mol. The van der Waals surface area contributed by atoms with Crippen LogP contribution in [-0.4, -0.2) is 39.7 Å².